The third-order valence-electron chi connectivity index (χ3n) is 14.6. The maximum atomic E-state index is 14.2. The minimum absolute atomic E-state index is 0.0217. The van der Waals surface area contributed by atoms with E-state index < -0.39 is 6.04 Å². The van der Waals surface area contributed by atoms with E-state index in [-0.39, 0.29) is 23.8 Å². The number of likely N-dealkylation sites (tertiary alicyclic amines) is 1. The van der Waals surface area contributed by atoms with Crippen LogP contribution in [-0.4, -0.2) is 85.5 Å². The van der Waals surface area contributed by atoms with Gasteiger partial charge in [0.15, 0.2) is 0 Å². The van der Waals surface area contributed by atoms with Gasteiger partial charge >= 0.3 is 11.9 Å². The van der Waals surface area contributed by atoms with E-state index in [1.807, 2.05) is 4.90 Å². The smallest absolute Gasteiger partial charge is 0.305 e. The van der Waals surface area contributed by atoms with Crippen LogP contribution in [0.3, 0.4) is 0 Å². The highest BCUT2D eigenvalue weighted by molar-refractivity contribution is 5.87. The molecular weight excluding hydrogens is 847 g/mol. The Morgan fingerprint density at radius 2 is 0.868 bits per heavy atom. The molecule has 400 valence electrons. The quantitative estimate of drug-likeness (QED) is 0.0478. The number of ether oxygens (including phenoxy) is 2. The van der Waals surface area contributed by atoms with Crippen LogP contribution in [-0.2, 0) is 28.7 Å². The number of nitrogens with zero attached hydrogens (tertiary/aromatic N) is 2. The fourth-order valence-electron chi connectivity index (χ4n) is 10.0. The molecular formula is C59H113N3O6. The Hall–Kier alpha value is -2.16. The largest absolute Gasteiger partial charge is 0.465 e. The molecule has 1 fully saturated rings. The highest BCUT2D eigenvalue weighted by Crippen LogP contribution is 2.22. The van der Waals surface area contributed by atoms with Crippen LogP contribution in [0.2, 0.25) is 0 Å². The van der Waals surface area contributed by atoms with Crippen molar-refractivity contribution in [3.05, 3.63) is 0 Å². The van der Waals surface area contributed by atoms with Crippen molar-refractivity contribution in [2.24, 2.45) is 11.8 Å². The van der Waals surface area contributed by atoms with Crippen molar-refractivity contribution in [2.75, 3.05) is 45.9 Å². The molecule has 1 rings (SSSR count). The molecule has 1 aliphatic heterocycles. The van der Waals surface area contributed by atoms with E-state index in [4.69, 9.17) is 9.47 Å². The first kappa shape index (κ1) is 63.9. The Labute approximate surface area is 421 Å². The number of hydrogen-bond donors (Lipinski definition) is 1. The number of hydrogen-bond acceptors (Lipinski definition) is 7. The monoisotopic (exact) mass is 960 g/mol. The Morgan fingerprint density at radius 3 is 1.37 bits per heavy atom. The first-order valence-corrected chi connectivity index (χ1v) is 29.9. The zero-order valence-electron chi connectivity index (χ0n) is 45.8. The van der Waals surface area contributed by atoms with Crippen LogP contribution in [0.4, 0.5) is 0 Å². The lowest BCUT2D eigenvalue weighted by Gasteiger charge is -2.32. The van der Waals surface area contributed by atoms with E-state index in [0.717, 1.165) is 129 Å². The second kappa shape index (κ2) is 47.2. The van der Waals surface area contributed by atoms with Crippen LogP contribution in [0.1, 0.15) is 291 Å². The van der Waals surface area contributed by atoms with Crippen molar-refractivity contribution < 1.29 is 28.7 Å². The Morgan fingerprint density at radius 1 is 0.456 bits per heavy atom. The van der Waals surface area contributed by atoms with Gasteiger partial charge in [-0.05, 0) is 115 Å². The summed E-state index contributed by atoms with van der Waals surface area (Å²) in [5.74, 6) is 1.00. The molecule has 0 radical (unpaired) electrons. The van der Waals surface area contributed by atoms with Crippen molar-refractivity contribution in [3.8, 4) is 0 Å². The minimum Gasteiger partial charge on any atom is -0.465 e. The molecule has 0 aromatic carbocycles. The maximum absolute atomic E-state index is 14.2. The van der Waals surface area contributed by atoms with Crippen LogP contribution in [0.25, 0.3) is 0 Å². The topological polar surface area (TPSA) is 105 Å². The second-order valence-corrected chi connectivity index (χ2v) is 21.1. The maximum Gasteiger partial charge on any atom is 0.305 e. The van der Waals surface area contributed by atoms with Gasteiger partial charge in [-0.15, -0.1) is 0 Å². The zero-order chi connectivity index (χ0) is 49.6. The summed E-state index contributed by atoms with van der Waals surface area (Å²) in [4.78, 5) is 57.9. The molecule has 0 aromatic heterocycles. The van der Waals surface area contributed by atoms with Crippen molar-refractivity contribution in [1.29, 1.82) is 0 Å². The summed E-state index contributed by atoms with van der Waals surface area (Å²) < 4.78 is 11.5. The van der Waals surface area contributed by atoms with E-state index in [1.54, 1.807) is 0 Å². The van der Waals surface area contributed by atoms with Gasteiger partial charge in [0.1, 0.15) is 6.04 Å². The van der Waals surface area contributed by atoms with Crippen LogP contribution in [0.5, 0.6) is 0 Å². The number of nitrogens with one attached hydrogen (secondary N) is 1. The molecule has 3 atom stereocenters. The number of carbonyl (C=O) groups excluding carboxylic acids is 4. The van der Waals surface area contributed by atoms with Gasteiger partial charge in [-0.1, -0.05) is 189 Å². The summed E-state index contributed by atoms with van der Waals surface area (Å²) in [6, 6.07) is -0.432. The molecule has 1 heterocycles. The molecule has 1 aliphatic rings. The van der Waals surface area contributed by atoms with Gasteiger partial charge in [-0.3, -0.25) is 19.2 Å². The van der Waals surface area contributed by atoms with Gasteiger partial charge in [-0.25, -0.2) is 0 Å². The number of amides is 2. The predicted molar refractivity (Wildman–Crippen MR) is 287 cm³/mol. The number of carbonyl (C=O) groups is 4. The summed E-state index contributed by atoms with van der Waals surface area (Å²) in [6.07, 6.45) is 42.5. The van der Waals surface area contributed by atoms with Gasteiger partial charge in [0.25, 0.3) is 0 Å². The Balaban J connectivity index is 2.71. The molecule has 68 heavy (non-hydrogen) atoms. The summed E-state index contributed by atoms with van der Waals surface area (Å²) >= 11 is 0. The Bertz CT molecular complexity index is 1180. The van der Waals surface area contributed by atoms with Gasteiger partial charge in [-0.2, -0.15) is 0 Å². The standard InChI is InChI=1S/C59H113N3O6/c1-6-11-16-19-26-33-46-60-59(66)55(42-37-49-61-47-35-36-48-61)62(50-34-27-21-20-24-31-44-57(64)67-51-53(38-14-9-4)40-28-17-12-7-2)56(63)43-30-23-22-25-32-45-58(65)68-52-54(39-15-10-5)41-29-18-13-8-3/h53-55H,6-52H2,1-5H3,(H,60,66). The summed E-state index contributed by atoms with van der Waals surface area (Å²) in [5.41, 5.74) is 0. The van der Waals surface area contributed by atoms with Crippen LogP contribution >= 0.6 is 0 Å². The van der Waals surface area contributed by atoms with Crippen molar-refractivity contribution in [1.82, 2.24) is 15.1 Å². The fraction of sp³-hybridized carbons (Fsp3) is 0.932. The van der Waals surface area contributed by atoms with Crippen molar-refractivity contribution >= 4 is 23.8 Å². The van der Waals surface area contributed by atoms with E-state index in [2.05, 4.69) is 44.8 Å². The molecule has 0 aromatic rings. The molecule has 3 unspecified atom stereocenters. The SMILES string of the molecule is CCCCCCCCNC(=O)C(CCCN1CCCC1)N(CCCCCCCCC(=O)OCC(CCCC)CCCCCC)C(=O)CCCCCCCC(=O)OCC(CCCC)CCCCCC. The summed E-state index contributed by atoms with van der Waals surface area (Å²) in [7, 11) is 0. The average molecular weight is 961 g/mol. The van der Waals surface area contributed by atoms with Gasteiger partial charge in [0.05, 0.1) is 13.2 Å². The Kier molecular flexibility index (Phi) is 44.3. The van der Waals surface area contributed by atoms with Gasteiger partial charge < -0.3 is 24.6 Å². The highest BCUT2D eigenvalue weighted by atomic mass is 16.5. The zero-order valence-corrected chi connectivity index (χ0v) is 45.8. The molecule has 2 amide bonds. The average Bonchev–Trinajstić information content (AvgIpc) is 3.87. The summed E-state index contributed by atoms with van der Waals surface area (Å²) in [5, 5.41) is 3.27. The first-order chi connectivity index (χ1) is 33.3. The first-order valence-electron chi connectivity index (χ1n) is 29.9. The molecule has 0 spiro atoms. The third kappa shape index (κ3) is 36.7. The second-order valence-electron chi connectivity index (χ2n) is 21.1. The van der Waals surface area contributed by atoms with E-state index >= 15 is 0 Å². The summed E-state index contributed by atoms with van der Waals surface area (Å²) in [6.45, 7) is 16.9. The van der Waals surface area contributed by atoms with Gasteiger partial charge in [0.2, 0.25) is 11.8 Å². The molecule has 0 aliphatic carbocycles. The lowest BCUT2D eigenvalue weighted by atomic mass is 9.96. The molecule has 9 nitrogen and oxygen atoms in total. The minimum atomic E-state index is -0.432. The normalized spacial score (nSPS) is 14.2. The fourth-order valence-corrected chi connectivity index (χ4v) is 10.0. The number of rotatable bonds is 50. The van der Waals surface area contributed by atoms with Crippen LogP contribution in [0, 0.1) is 11.8 Å². The van der Waals surface area contributed by atoms with Crippen LogP contribution in [0.15, 0.2) is 0 Å². The number of unbranched alkanes of at least 4 members (excludes halogenated alkanes) is 22. The predicted octanol–water partition coefficient (Wildman–Crippen LogP) is 15.6. The molecule has 0 bridgehead atoms. The highest BCUT2D eigenvalue weighted by Gasteiger charge is 2.29. The van der Waals surface area contributed by atoms with Gasteiger partial charge in [0, 0.05) is 32.4 Å². The third-order valence-corrected chi connectivity index (χ3v) is 14.6. The van der Waals surface area contributed by atoms with Crippen molar-refractivity contribution in [2.45, 2.75) is 297 Å². The number of esters is 2. The molecule has 1 saturated heterocycles. The molecule has 9 heteroatoms. The lowest BCUT2D eigenvalue weighted by Crippen LogP contribution is -2.50. The van der Waals surface area contributed by atoms with E-state index in [1.165, 1.54) is 122 Å². The van der Waals surface area contributed by atoms with Crippen molar-refractivity contribution in [3.63, 3.8) is 0 Å². The van der Waals surface area contributed by atoms with E-state index in [9.17, 15) is 19.2 Å². The van der Waals surface area contributed by atoms with Crippen LogP contribution < -0.4 is 5.32 Å². The molecule has 0 saturated carbocycles. The lowest BCUT2D eigenvalue weighted by molar-refractivity contribution is -0.146. The van der Waals surface area contributed by atoms with E-state index in [0.29, 0.717) is 63.8 Å². The molecule has 1 N–H and O–H groups in total.